The third kappa shape index (κ3) is 6.21. The average molecular weight is 612 g/mol. The number of hydrogen-bond acceptors (Lipinski definition) is 6. The molecule has 0 radical (unpaired) electrons. The zero-order valence-electron chi connectivity index (χ0n) is 17.1. The molecule has 0 spiro atoms. The Labute approximate surface area is 204 Å². The fourth-order valence-corrected chi connectivity index (χ4v) is 6.53. The Hall–Kier alpha value is -0.150. The summed E-state index contributed by atoms with van der Waals surface area (Å²) >= 11 is 11.3. The monoisotopic (exact) mass is 609 g/mol. The van der Waals surface area contributed by atoms with Gasteiger partial charge in [0.1, 0.15) is 18.3 Å². The first-order valence-corrected chi connectivity index (χ1v) is 14.0. The molecule has 6 atom stereocenters. The fourth-order valence-electron chi connectivity index (χ4n) is 4.44. The maximum atomic E-state index is 6.19. The summed E-state index contributed by atoms with van der Waals surface area (Å²) in [6, 6.07) is 0.903. The van der Waals surface area contributed by atoms with Crippen molar-refractivity contribution < 1.29 is 14.2 Å². The van der Waals surface area contributed by atoms with Gasteiger partial charge in [0.25, 0.3) is 0 Å². The minimum absolute atomic E-state index is 0.0547. The van der Waals surface area contributed by atoms with Gasteiger partial charge in [0.15, 0.2) is 0 Å². The quantitative estimate of drug-likeness (QED) is 0.361. The van der Waals surface area contributed by atoms with E-state index in [4.69, 9.17) is 14.2 Å². The highest BCUT2D eigenvalue weighted by Gasteiger charge is 2.30. The van der Waals surface area contributed by atoms with E-state index >= 15 is 0 Å². The van der Waals surface area contributed by atoms with Gasteiger partial charge in [-0.05, 0) is 57.8 Å². The molecule has 1 aromatic heterocycles. The Morgan fingerprint density at radius 3 is 1.00 bits per heavy atom. The molecule has 1 aromatic rings. The predicted octanol–water partition coefficient (Wildman–Crippen LogP) is 6.13. The maximum absolute atomic E-state index is 6.19. The number of nitrogens with zero attached hydrogens (tertiary/aromatic N) is 3. The minimum Gasteiger partial charge on any atom is -0.459 e. The van der Waals surface area contributed by atoms with Crippen molar-refractivity contribution in [3.8, 4) is 18.0 Å². The van der Waals surface area contributed by atoms with Crippen LogP contribution < -0.4 is 14.2 Å². The van der Waals surface area contributed by atoms with Gasteiger partial charge >= 0.3 is 18.0 Å². The molecule has 4 rings (SSSR count). The van der Waals surface area contributed by atoms with Crippen LogP contribution in [0.2, 0.25) is 0 Å². The highest BCUT2D eigenvalue weighted by Crippen LogP contribution is 2.32. The summed E-state index contributed by atoms with van der Waals surface area (Å²) in [7, 11) is 0. The fraction of sp³-hybridized carbons (Fsp3) is 0.857. The molecule has 30 heavy (non-hydrogen) atoms. The molecule has 0 N–H and O–H groups in total. The van der Waals surface area contributed by atoms with E-state index in [9.17, 15) is 0 Å². The standard InChI is InChI=1S/C21H30Br3N3O3/c22-13-7-1-4-10-16(13)28-19-25-20(29-17-11-5-2-8-14(17)23)27-21(26-19)30-18-12-6-3-9-15(18)24/h13-18H,1-12H2. The van der Waals surface area contributed by atoms with Gasteiger partial charge in [-0.3, -0.25) is 0 Å². The van der Waals surface area contributed by atoms with Crippen LogP contribution in [0.4, 0.5) is 0 Å². The molecule has 0 aliphatic heterocycles. The Morgan fingerprint density at radius 1 is 0.467 bits per heavy atom. The molecule has 3 saturated carbocycles. The van der Waals surface area contributed by atoms with Gasteiger partial charge in [0, 0.05) is 0 Å². The molecule has 0 amide bonds. The highest BCUT2D eigenvalue weighted by atomic mass is 79.9. The van der Waals surface area contributed by atoms with Crippen molar-refractivity contribution in [2.24, 2.45) is 0 Å². The predicted molar refractivity (Wildman–Crippen MR) is 127 cm³/mol. The molecule has 3 aliphatic rings. The lowest BCUT2D eigenvalue weighted by atomic mass is 9.98. The summed E-state index contributed by atoms with van der Waals surface area (Å²) in [6.07, 6.45) is 13.6. The lowest BCUT2D eigenvalue weighted by molar-refractivity contribution is 0.115. The minimum atomic E-state index is 0.0547. The van der Waals surface area contributed by atoms with Crippen LogP contribution in [0.15, 0.2) is 0 Å². The van der Waals surface area contributed by atoms with E-state index < -0.39 is 0 Å². The summed E-state index contributed by atoms with van der Waals surface area (Å²) in [4.78, 5) is 14.4. The summed E-state index contributed by atoms with van der Waals surface area (Å²) < 4.78 is 18.6. The van der Waals surface area contributed by atoms with Gasteiger partial charge in [-0.15, -0.1) is 15.0 Å². The highest BCUT2D eigenvalue weighted by molar-refractivity contribution is 9.10. The van der Waals surface area contributed by atoms with Crippen LogP contribution in [-0.4, -0.2) is 47.7 Å². The van der Waals surface area contributed by atoms with Crippen molar-refractivity contribution in [1.29, 1.82) is 0 Å². The van der Waals surface area contributed by atoms with Crippen molar-refractivity contribution in [3.05, 3.63) is 0 Å². The number of halogens is 3. The van der Waals surface area contributed by atoms with E-state index in [0.29, 0.717) is 32.5 Å². The number of alkyl halides is 3. The van der Waals surface area contributed by atoms with Gasteiger partial charge in [0.2, 0.25) is 0 Å². The summed E-state index contributed by atoms with van der Waals surface area (Å²) in [5.74, 6) is 0. The molecule has 0 aromatic carbocycles. The number of rotatable bonds is 6. The molecule has 0 bridgehead atoms. The second kappa shape index (κ2) is 11.1. The number of hydrogen-bond donors (Lipinski definition) is 0. The van der Waals surface area contributed by atoms with Crippen molar-refractivity contribution in [1.82, 2.24) is 15.0 Å². The Balaban J connectivity index is 1.52. The van der Waals surface area contributed by atoms with Crippen LogP contribution in [0, 0.1) is 0 Å². The van der Waals surface area contributed by atoms with Gasteiger partial charge in [-0.25, -0.2) is 0 Å². The third-order valence-electron chi connectivity index (χ3n) is 6.21. The summed E-state index contributed by atoms with van der Waals surface area (Å²) in [5, 5.41) is 0. The second-order valence-corrected chi connectivity index (χ2v) is 12.1. The van der Waals surface area contributed by atoms with E-state index in [-0.39, 0.29) is 18.3 Å². The first-order chi connectivity index (χ1) is 14.6. The van der Waals surface area contributed by atoms with Gasteiger partial charge < -0.3 is 14.2 Å². The molecule has 6 nitrogen and oxygen atoms in total. The largest absolute Gasteiger partial charge is 0.459 e. The van der Waals surface area contributed by atoms with E-state index in [0.717, 1.165) is 57.8 Å². The Kier molecular flexibility index (Phi) is 8.54. The molecular weight excluding hydrogens is 582 g/mol. The van der Waals surface area contributed by atoms with Gasteiger partial charge in [-0.2, -0.15) is 0 Å². The van der Waals surface area contributed by atoms with E-state index in [1.54, 1.807) is 0 Å². The molecule has 3 aliphatic carbocycles. The van der Waals surface area contributed by atoms with E-state index in [1.165, 1.54) is 19.3 Å². The van der Waals surface area contributed by atoms with Crippen LogP contribution in [0.25, 0.3) is 0 Å². The van der Waals surface area contributed by atoms with Gasteiger partial charge in [0.05, 0.1) is 14.5 Å². The molecule has 3 fully saturated rings. The van der Waals surface area contributed by atoms with Crippen LogP contribution >= 0.6 is 47.8 Å². The molecule has 9 heteroatoms. The molecular formula is C21H30Br3N3O3. The average Bonchev–Trinajstić information content (AvgIpc) is 2.73. The summed E-state index contributed by atoms with van der Waals surface area (Å²) in [6.45, 7) is 0. The molecule has 1 heterocycles. The van der Waals surface area contributed by atoms with Crippen molar-refractivity contribution in [3.63, 3.8) is 0 Å². The topological polar surface area (TPSA) is 66.4 Å². The number of aromatic nitrogens is 3. The van der Waals surface area contributed by atoms with Crippen LogP contribution in [0.5, 0.6) is 18.0 Å². The molecule has 6 unspecified atom stereocenters. The lowest BCUT2D eigenvalue weighted by Gasteiger charge is -2.29. The van der Waals surface area contributed by atoms with Crippen molar-refractivity contribution in [2.45, 2.75) is 110 Å². The maximum Gasteiger partial charge on any atom is 0.326 e. The zero-order valence-corrected chi connectivity index (χ0v) is 21.9. The first-order valence-electron chi connectivity index (χ1n) is 11.3. The Bertz CT molecular complexity index is 596. The summed E-state index contributed by atoms with van der Waals surface area (Å²) in [5.41, 5.74) is 0. The van der Waals surface area contributed by atoms with Crippen LogP contribution in [0.3, 0.4) is 0 Å². The smallest absolute Gasteiger partial charge is 0.326 e. The van der Waals surface area contributed by atoms with Crippen LogP contribution in [-0.2, 0) is 0 Å². The molecule has 0 saturated heterocycles. The Morgan fingerprint density at radius 2 is 0.733 bits per heavy atom. The third-order valence-corrected chi connectivity index (χ3v) is 9.35. The van der Waals surface area contributed by atoms with Gasteiger partial charge in [-0.1, -0.05) is 67.1 Å². The normalized spacial score (nSPS) is 34.9. The second-order valence-electron chi connectivity index (χ2n) is 8.55. The van der Waals surface area contributed by atoms with Crippen LogP contribution in [0.1, 0.15) is 77.0 Å². The zero-order chi connectivity index (χ0) is 20.9. The molecule has 168 valence electrons. The van der Waals surface area contributed by atoms with Crippen molar-refractivity contribution in [2.75, 3.05) is 0 Å². The number of ether oxygens (including phenoxy) is 3. The SMILES string of the molecule is BrC1CCCCC1Oc1nc(OC2CCCCC2Br)nc(OC2CCCCC2Br)n1. The van der Waals surface area contributed by atoms with Crippen molar-refractivity contribution >= 4 is 47.8 Å². The first kappa shape index (κ1) is 23.0. The van der Waals surface area contributed by atoms with E-state index in [1.807, 2.05) is 0 Å². The lowest BCUT2D eigenvalue weighted by Crippen LogP contribution is -2.33. The van der Waals surface area contributed by atoms with E-state index in [2.05, 4.69) is 62.7 Å².